The molecule has 2 aromatic rings. The van der Waals surface area contributed by atoms with E-state index in [-0.39, 0.29) is 5.91 Å². The van der Waals surface area contributed by atoms with E-state index in [2.05, 4.69) is 11.1 Å². The van der Waals surface area contributed by atoms with Gasteiger partial charge in [0.1, 0.15) is 6.54 Å². The average molecular weight is 287 g/mol. The summed E-state index contributed by atoms with van der Waals surface area (Å²) < 4.78 is 1.92. The summed E-state index contributed by atoms with van der Waals surface area (Å²) in [5.74, 6) is 1.07. The summed E-state index contributed by atoms with van der Waals surface area (Å²) in [4.78, 5) is 19.9. The summed E-state index contributed by atoms with van der Waals surface area (Å²) >= 11 is 1.81. The number of para-hydroxylation sites is 1. The van der Waals surface area contributed by atoms with Crippen molar-refractivity contribution in [2.45, 2.75) is 25.3 Å². The molecule has 20 heavy (non-hydrogen) atoms. The van der Waals surface area contributed by atoms with Gasteiger partial charge in [0.05, 0.1) is 17.7 Å². The normalized spacial score (nSPS) is 14.2. The molecule has 0 radical (unpaired) electrons. The predicted molar refractivity (Wildman–Crippen MR) is 81.2 cm³/mol. The van der Waals surface area contributed by atoms with Crippen molar-refractivity contribution in [2.24, 2.45) is 0 Å². The van der Waals surface area contributed by atoms with Crippen molar-refractivity contribution in [2.75, 3.05) is 17.2 Å². The van der Waals surface area contributed by atoms with E-state index in [0.29, 0.717) is 6.54 Å². The largest absolute Gasteiger partial charge is 0.325 e. The monoisotopic (exact) mass is 287 g/mol. The van der Waals surface area contributed by atoms with E-state index >= 15 is 0 Å². The zero-order valence-electron chi connectivity index (χ0n) is 11.7. The van der Waals surface area contributed by atoms with Crippen molar-refractivity contribution < 1.29 is 4.79 Å². The van der Waals surface area contributed by atoms with Crippen LogP contribution in [-0.4, -0.2) is 27.8 Å². The molecule has 1 aromatic heterocycles. The Morgan fingerprint density at radius 3 is 2.90 bits per heavy atom. The zero-order valence-corrected chi connectivity index (χ0v) is 12.5. The Morgan fingerprint density at radius 2 is 2.15 bits per heavy atom. The number of amides is 1. The van der Waals surface area contributed by atoms with Gasteiger partial charge in [-0.3, -0.25) is 4.79 Å². The molecule has 1 aliphatic rings. The average Bonchev–Trinajstić information content (AvgIpc) is 2.78. The van der Waals surface area contributed by atoms with Crippen LogP contribution in [0.4, 0.5) is 5.69 Å². The second-order valence-electron chi connectivity index (χ2n) is 4.90. The van der Waals surface area contributed by atoms with Crippen LogP contribution in [0.3, 0.4) is 0 Å². The third-order valence-corrected chi connectivity index (χ3v) is 4.72. The molecule has 0 fully saturated rings. The molecule has 0 aliphatic carbocycles. The minimum absolute atomic E-state index is 0.123. The highest BCUT2D eigenvalue weighted by Gasteiger charge is 2.23. The summed E-state index contributed by atoms with van der Waals surface area (Å²) in [7, 11) is 0. The van der Waals surface area contributed by atoms with Crippen LogP contribution in [0.1, 0.15) is 11.4 Å². The fourth-order valence-electron chi connectivity index (χ4n) is 2.36. The number of carbonyl (C=O) groups excluding carboxylic acids is 1. The smallest absolute Gasteiger partial charge is 0.247 e. The van der Waals surface area contributed by atoms with Crippen LogP contribution in [0, 0.1) is 13.8 Å². The molecule has 0 atom stereocenters. The molecule has 2 heterocycles. The molecular weight excluding hydrogens is 270 g/mol. The quantitative estimate of drug-likeness (QED) is 0.852. The lowest BCUT2D eigenvalue weighted by Gasteiger charge is -2.29. The highest BCUT2D eigenvalue weighted by Crippen LogP contribution is 2.34. The maximum Gasteiger partial charge on any atom is 0.247 e. The first-order chi connectivity index (χ1) is 9.66. The number of thioether (sulfide) groups is 1. The minimum Gasteiger partial charge on any atom is -0.325 e. The van der Waals surface area contributed by atoms with Crippen molar-refractivity contribution in [3.63, 3.8) is 0 Å². The number of nitrogens with zero attached hydrogens (tertiary/aromatic N) is 3. The fourth-order valence-corrected chi connectivity index (χ4v) is 3.36. The number of fused-ring (bicyclic) bond motifs is 1. The van der Waals surface area contributed by atoms with Gasteiger partial charge in [0.15, 0.2) is 0 Å². The van der Waals surface area contributed by atoms with E-state index in [1.807, 2.05) is 53.3 Å². The highest BCUT2D eigenvalue weighted by molar-refractivity contribution is 7.99. The molecule has 0 unspecified atom stereocenters. The first kappa shape index (κ1) is 13.2. The summed E-state index contributed by atoms with van der Waals surface area (Å²) in [5, 5.41) is 0. The van der Waals surface area contributed by atoms with Crippen molar-refractivity contribution in [1.29, 1.82) is 0 Å². The van der Waals surface area contributed by atoms with Gasteiger partial charge >= 0.3 is 0 Å². The number of aryl methyl sites for hydroxylation is 1. The second-order valence-corrected chi connectivity index (χ2v) is 6.04. The first-order valence-electron chi connectivity index (χ1n) is 6.67. The molecule has 4 nitrogen and oxygen atoms in total. The van der Waals surface area contributed by atoms with Crippen molar-refractivity contribution in [1.82, 2.24) is 9.55 Å². The minimum atomic E-state index is 0.123. The SMILES string of the molecule is Cc1ncn(CC(=O)N2CCSc3ccccc32)c1C. The first-order valence-corrected chi connectivity index (χ1v) is 7.66. The number of aromatic nitrogens is 2. The molecule has 0 saturated carbocycles. The van der Waals surface area contributed by atoms with Gasteiger partial charge in [0.25, 0.3) is 0 Å². The summed E-state index contributed by atoms with van der Waals surface area (Å²) in [6.45, 7) is 5.08. The number of rotatable bonds is 2. The Labute approximate surface area is 122 Å². The Kier molecular flexibility index (Phi) is 3.53. The Morgan fingerprint density at radius 1 is 1.35 bits per heavy atom. The molecule has 104 valence electrons. The van der Waals surface area contributed by atoms with Crippen LogP contribution in [-0.2, 0) is 11.3 Å². The second kappa shape index (κ2) is 5.32. The maximum absolute atomic E-state index is 12.6. The molecular formula is C15H17N3OS. The molecule has 0 bridgehead atoms. The number of benzene rings is 1. The third kappa shape index (κ3) is 2.33. The van der Waals surface area contributed by atoms with E-state index in [1.165, 1.54) is 4.90 Å². The number of hydrogen-bond donors (Lipinski definition) is 0. The van der Waals surface area contributed by atoms with Gasteiger partial charge in [-0.25, -0.2) is 4.98 Å². The number of hydrogen-bond acceptors (Lipinski definition) is 3. The van der Waals surface area contributed by atoms with Gasteiger partial charge in [-0.05, 0) is 26.0 Å². The van der Waals surface area contributed by atoms with Crippen LogP contribution in [0.2, 0.25) is 0 Å². The van der Waals surface area contributed by atoms with Gasteiger partial charge in [-0.2, -0.15) is 0 Å². The molecule has 0 spiro atoms. The van der Waals surface area contributed by atoms with Crippen LogP contribution in [0.15, 0.2) is 35.5 Å². The van der Waals surface area contributed by atoms with E-state index in [0.717, 1.165) is 29.4 Å². The lowest BCUT2D eigenvalue weighted by molar-refractivity contribution is -0.119. The topological polar surface area (TPSA) is 38.1 Å². The van der Waals surface area contributed by atoms with Gasteiger partial charge in [0, 0.05) is 22.9 Å². The molecule has 1 aliphatic heterocycles. The summed E-state index contributed by atoms with van der Waals surface area (Å²) in [5.41, 5.74) is 3.06. The highest BCUT2D eigenvalue weighted by atomic mass is 32.2. The maximum atomic E-state index is 12.6. The molecule has 3 rings (SSSR count). The molecule has 0 N–H and O–H groups in total. The number of anilines is 1. The van der Waals surface area contributed by atoms with Crippen LogP contribution in [0.5, 0.6) is 0 Å². The van der Waals surface area contributed by atoms with Crippen LogP contribution >= 0.6 is 11.8 Å². The van der Waals surface area contributed by atoms with Gasteiger partial charge < -0.3 is 9.47 Å². The number of carbonyl (C=O) groups is 1. The summed E-state index contributed by atoms with van der Waals surface area (Å²) in [6.07, 6.45) is 1.74. The van der Waals surface area contributed by atoms with Crippen molar-refractivity contribution in [3.05, 3.63) is 42.0 Å². The van der Waals surface area contributed by atoms with Gasteiger partial charge in [0.2, 0.25) is 5.91 Å². The van der Waals surface area contributed by atoms with Crippen LogP contribution in [0.25, 0.3) is 0 Å². The lowest BCUT2D eigenvalue weighted by Crippen LogP contribution is -2.37. The fraction of sp³-hybridized carbons (Fsp3) is 0.333. The van der Waals surface area contributed by atoms with Gasteiger partial charge in [-0.15, -0.1) is 11.8 Å². The molecule has 1 amide bonds. The van der Waals surface area contributed by atoms with E-state index in [9.17, 15) is 4.79 Å². The van der Waals surface area contributed by atoms with E-state index in [4.69, 9.17) is 0 Å². The Hall–Kier alpha value is -1.75. The Balaban J connectivity index is 1.84. The van der Waals surface area contributed by atoms with Crippen LogP contribution < -0.4 is 4.90 Å². The predicted octanol–water partition coefficient (Wildman–Crippen LogP) is 2.64. The lowest BCUT2D eigenvalue weighted by atomic mass is 10.2. The zero-order chi connectivity index (χ0) is 14.1. The Bertz CT molecular complexity index is 650. The van der Waals surface area contributed by atoms with E-state index < -0.39 is 0 Å². The summed E-state index contributed by atoms with van der Waals surface area (Å²) in [6, 6.07) is 8.10. The van der Waals surface area contributed by atoms with Crippen molar-refractivity contribution in [3.8, 4) is 0 Å². The third-order valence-electron chi connectivity index (χ3n) is 3.68. The molecule has 1 aromatic carbocycles. The van der Waals surface area contributed by atoms with Crippen molar-refractivity contribution >= 4 is 23.4 Å². The number of imidazole rings is 1. The molecule has 5 heteroatoms. The van der Waals surface area contributed by atoms with E-state index in [1.54, 1.807) is 6.33 Å². The van der Waals surface area contributed by atoms with Gasteiger partial charge in [-0.1, -0.05) is 12.1 Å². The standard InChI is InChI=1S/C15H17N3OS/c1-11-12(2)17(10-16-11)9-15(19)18-7-8-20-14-6-4-3-5-13(14)18/h3-6,10H,7-9H2,1-2H3. The molecule has 0 saturated heterocycles.